The highest BCUT2D eigenvalue weighted by Crippen LogP contribution is 2.14. The average Bonchev–Trinajstić information content (AvgIpc) is 3.05. The molecular weight excluding hydrogens is 403 g/mol. The molecule has 0 amide bonds. The van der Waals surface area contributed by atoms with Crippen molar-refractivity contribution >= 4 is 29.9 Å². The highest BCUT2D eigenvalue weighted by atomic mass is 127. The summed E-state index contributed by atoms with van der Waals surface area (Å²) in [7, 11) is 0. The largest absolute Gasteiger partial charge is 0.378 e. The predicted octanol–water partition coefficient (Wildman–Crippen LogP) is 2.56. The Morgan fingerprint density at radius 2 is 1.83 bits per heavy atom. The number of hydrogen-bond donors (Lipinski definition) is 1. The van der Waals surface area contributed by atoms with E-state index in [0.29, 0.717) is 6.10 Å². The number of guanidine groups is 1. The zero-order valence-electron chi connectivity index (χ0n) is 14.9. The fourth-order valence-electron chi connectivity index (χ4n) is 3.38. The van der Waals surface area contributed by atoms with Gasteiger partial charge in [0.1, 0.15) is 0 Å². The summed E-state index contributed by atoms with van der Waals surface area (Å²) in [4.78, 5) is 9.80. The van der Waals surface area contributed by atoms with Gasteiger partial charge in [-0.2, -0.15) is 0 Å². The van der Waals surface area contributed by atoms with E-state index in [9.17, 15) is 0 Å². The number of halogens is 1. The first-order valence-electron chi connectivity index (χ1n) is 9.20. The van der Waals surface area contributed by atoms with Crippen LogP contribution >= 0.6 is 24.0 Å². The molecule has 0 unspecified atom stereocenters. The summed E-state index contributed by atoms with van der Waals surface area (Å²) in [5.41, 5.74) is 0. The number of likely N-dealkylation sites (tertiary alicyclic amines) is 2. The molecule has 2 aliphatic rings. The predicted molar refractivity (Wildman–Crippen MR) is 108 cm³/mol. The Bertz CT molecular complexity index is 327. The number of aliphatic imine (C=N–C) groups is 1. The standard InChI is InChI=1S/C17H34N4O.HI/c1-3-18-17(19-10-7-13-20-11-5-6-12-20)21-14-8-16(9-15-21)22-4-2;/h16H,3-15H2,1-2H3,(H,18,19);1H. The highest BCUT2D eigenvalue weighted by molar-refractivity contribution is 14.0. The van der Waals surface area contributed by atoms with Crippen LogP contribution in [0.4, 0.5) is 0 Å². The molecule has 2 heterocycles. The van der Waals surface area contributed by atoms with Crippen LogP contribution in [-0.4, -0.2) is 74.3 Å². The highest BCUT2D eigenvalue weighted by Gasteiger charge is 2.21. The van der Waals surface area contributed by atoms with Crippen LogP contribution in [0.15, 0.2) is 4.99 Å². The Hall–Kier alpha value is -0.0800. The normalized spacial score (nSPS) is 20.6. The first kappa shape index (κ1) is 21.0. The van der Waals surface area contributed by atoms with Crippen molar-refractivity contribution in [3.8, 4) is 0 Å². The molecule has 2 fully saturated rings. The van der Waals surface area contributed by atoms with Crippen LogP contribution in [0, 0.1) is 0 Å². The third kappa shape index (κ3) is 7.56. The van der Waals surface area contributed by atoms with Gasteiger partial charge in [0.15, 0.2) is 5.96 Å². The Balaban J connectivity index is 0.00000264. The third-order valence-corrected chi connectivity index (χ3v) is 4.57. The van der Waals surface area contributed by atoms with E-state index in [1.54, 1.807) is 0 Å². The molecule has 0 saturated carbocycles. The number of nitrogens with one attached hydrogen (secondary N) is 1. The molecule has 5 nitrogen and oxygen atoms in total. The van der Waals surface area contributed by atoms with Crippen LogP contribution in [0.25, 0.3) is 0 Å². The first-order chi connectivity index (χ1) is 10.8. The summed E-state index contributed by atoms with van der Waals surface area (Å²) >= 11 is 0. The molecule has 6 heteroatoms. The Labute approximate surface area is 159 Å². The van der Waals surface area contributed by atoms with Crippen LogP contribution in [0.3, 0.4) is 0 Å². The Morgan fingerprint density at radius 1 is 1.13 bits per heavy atom. The smallest absolute Gasteiger partial charge is 0.193 e. The lowest BCUT2D eigenvalue weighted by atomic mass is 10.1. The molecule has 2 rings (SSSR count). The maximum Gasteiger partial charge on any atom is 0.193 e. The van der Waals surface area contributed by atoms with Crippen molar-refractivity contribution in [1.29, 1.82) is 0 Å². The molecule has 2 saturated heterocycles. The molecule has 0 aromatic carbocycles. The molecule has 23 heavy (non-hydrogen) atoms. The van der Waals surface area contributed by atoms with Gasteiger partial charge in [0.05, 0.1) is 6.10 Å². The number of piperidine rings is 1. The lowest BCUT2D eigenvalue weighted by Crippen LogP contribution is -2.47. The molecule has 0 aliphatic carbocycles. The summed E-state index contributed by atoms with van der Waals surface area (Å²) in [5, 5.41) is 3.45. The zero-order chi connectivity index (χ0) is 15.6. The molecular formula is C17H35IN4O. The summed E-state index contributed by atoms with van der Waals surface area (Å²) in [6.45, 7) is 12.8. The second kappa shape index (κ2) is 12.3. The van der Waals surface area contributed by atoms with Gasteiger partial charge in [-0.05, 0) is 65.6 Å². The van der Waals surface area contributed by atoms with Gasteiger partial charge in [-0.25, -0.2) is 0 Å². The molecule has 0 atom stereocenters. The van der Waals surface area contributed by atoms with Crippen molar-refractivity contribution < 1.29 is 4.74 Å². The summed E-state index contributed by atoms with van der Waals surface area (Å²) in [6.07, 6.45) is 6.60. The molecule has 1 N–H and O–H groups in total. The van der Waals surface area contributed by atoms with Gasteiger partial charge in [-0.15, -0.1) is 24.0 Å². The van der Waals surface area contributed by atoms with E-state index in [1.165, 1.54) is 38.9 Å². The molecule has 0 aromatic heterocycles. The van der Waals surface area contributed by atoms with Gasteiger partial charge >= 0.3 is 0 Å². The summed E-state index contributed by atoms with van der Waals surface area (Å²) in [5.74, 6) is 1.10. The minimum Gasteiger partial charge on any atom is -0.378 e. The third-order valence-electron chi connectivity index (χ3n) is 4.57. The minimum absolute atomic E-state index is 0. The van der Waals surface area contributed by atoms with Crippen molar-refractivity contribution in [2.45, 2.75) is 52.1 Å². The fraction of sp³-hybridized carbons (Fsp3) is 0.941. The van der Waals surface area contributed by atoms with Crippen LogP contribution in [0.5, 0.6) is 0 Å². The molecule has 0 spiro atoms. The number of nitrogens with zero attached hydrogens (tertiary/aromatic N) is 3. The Kier molecular flexibility index (Phi) is 11.2. The molecule has 0 bridgehead atoms. The van der Waals surface area contributed by atoms with E-state index in [1.807, 2.05) is 0 Å². The molecule has 0 radical (unpaired) electrons. The topological polar surface area (TPSA) is 40.1 Å². The van der Waals surface area contributed by atoms with Crippen molar-refractivity contribution in [1.82, 2.24) is 15.1 Å². The van der Waals surface area contributed by atoms with Gasteiger partial charge in [-0.3, -0.25) is 4.99 Å². The van der Waals surface area contributed by atoms with E-state index in [-0.39, 0.29) is 24.0 Å². The van der Waals surface area contributed by atoms with Crippen molar-refractivity contribution in [2.24, 2.45) is 4.99 Å². The van der Waals surface area contributed by atoms with Gasteiger partial charge in [-0.1, -0.05) is 0 Å². The molecule has 0 aromatic rings. The molecule has 2 aliphatic heterocycles. The van der Waals surface area contributed by atoms with Crippen molar-refractivity contribution in [2.75, 3.05) is 52.4 Å². The monoisotopic (exact) mass is 438 g/mol. The number of rotatable bonds is 7. The second-order valence-corrected chi connectivity index (χ2v) is 6.28. The Morgan fingerprint density at radius 3 is 2.43 bits per heavy atom. The van der Waals surface area contributed by atoms with Gasteiger partial charge in [0, 0.05) is 32.8 Å². The van der Waals surface area contributed by atoms with Crippen LogP contribution in [0.2, 0.25) is 0 Å². The van der Waals surface area contributed by atoms with Crippen LogP contribution < -0.4 is 5.32 Å². The number of ether oxygens (including phenoxy) is 1. The lowest BCUT2D eigenvalue weighted by Gasteiger charge is -2.34. The van der Waals surface area contributed by atoms with E-state index >= 15 is 0 Å². The van der Waals surface area contributed by atoms with Gasteiger partial charge in [0.2, 0.25) is 0 Å². The zero-order valence-corrected chi connectivity index (χ0v) is 17.3. The molecule has 136 valence electrons. The second-order valence-electron chi connectivity index (χ2n) is 6.28. The van der Waals surface area contributed by atoms with Gasteiger partial charge in [0.25, 0.3) is 0 Å². The minimum atomic E-state index is 0. The van der Waals surface area contributed by atoms with Crippen LogP contribution in [0.1, 0.15) is 46.0 Å². The average molecular weight is 438 g/mol. The maximum absolute atomic E-state index is 5.73. The quantitative estimate of drug-likeness (QED) is 0.287. The number of hydrogen-bond acceptors (Lipinski definition) is 3. The van der Waals surface area contributed by atoms with E-state index < -0.39 is 0 Å². The van der Waals surface area contributed by atoms with Gasteiger partial charge < -0.3 is 19.9 Å². The SMILES string of the molecule is CCNC(=NCCCN1CCCC1)N1CCC(OCC)CC1.I. The van der Waals surface area contributed by atoms with E-state index in [0.717, 1.165) is 51.6 Å². The summed E-state index contributed by atoms with van der Waals surface area (Å²) < 4.78 is 5.73. The van der Waals surface area contributed by atoms with Crippen molar-refractivity contribution in [3.63, 3.8) is 0 Å². The first-order valence-corrected chi connectivity index (χ1v) is 9.20. The fourth-order valence-corrected chi connectivity index (χ4v) is 3.38. The maximum atomic E-state index is 5.73. The van der Waals surface area contributed by atoms with E-state index in [2.05, 4.69) is 29.0 Å². The summed E-state index contributed by atoms with van der Waals surface area (Å²) in [6, 6.07) is 0. The lowest BCUT2D eigenvalue weighted by molar-refractivity contribution is 0.0264. The van der Waals surface area contributed by atoms with Crippen molar-refractivity contribution in [3.05, 3.63) is 0 Å². The van der Waals surface area contributed by atoms with Crippen LogP contribution in [-0.2, 0) is 4.74 Å². The van der Waals surface area contributed by atoms with E-state index in [4.69, 9.17) is 9.73 Å².